The van der Waals surface area contributed by atoms with Crippen LogP contribution in [0.15, 0.2) is 36.4 Å². The van der Waals surface area contributed by atoms with Crippen molar-refractivity contribution in [3.05, 3.63) is 53.1 Å². The fourth-order valence-electron chi connectivity index (χ4n) is 9.28. The predicted molar refractivity (Wildman–Crippen MR) is 169 cm³/mol. The molecule has 7 heteroatoms. The average molecular weight is 601 g/mol. The van der Waals surface area contributed by atoms with Gasteiger partial charge in [0, 0.05) is 55.6 Å². The summed E-state index contributed by atoms with van der Waals surface area (Å²) in [5.74, 6) is 2.11. The van der Waals surface area contributed by atoms with E-state index in [-0.39, 0.29) is 29.2 Å². The van der Waals surface area contributed by atoms with Gasteiger partial charge in [0.05, 0.1) is 6.04 Å². The lowest BCUT2D eigenvalue weighted by molar-refractivity contribution is -0.140. The Morgan fingerprint density at radius 1 is 1.07 bits per heavy atom. The van der Waals surface area contributed by atoms with Gasteiger partial charge in [0.1, 0.15) is 11.9 Å². The first-order valence-corrected chi connectivity index (χ1v) is 17.1. The number of benzene rings is 2. The summed E-state index contributed by atoms with van der Waals surface area (Å²) in [6.45, 7) is 3.53. The molecule has 2 saturated carbocycles. The van der Waals surface area contributed by atoms with E-state index in [9.17, 15) is 14.7 Å². The minimum atomic E-state index is -0.426. The topological polar surface area (TPSA) is 79.3 Å². The number of phenols is 1. The highest BCUT2D eigenvalue weighted by molar-refractivity contribution is 5.77. The van der Waals surface area contributed by atoms with Crippen molar-refractivity contribution in [1.29, 1.82) is 0 Å². The Morgan fingerprint density at radius 3 is 2.61 bits per heavy atom. The van der Waals surface area contributed by atoms with Gasteiger partial charge in [-0.05, 0) is 81.7 Å². The van der Waals surface area contributed by atoms with Crippen LogP contribution in [0.1, 0.15) is 94.2 Å². The van der Waals surface area contributed by atoms with Gasteiger partial charge in [0.2, 0.25) is 5.91 Å². The van der Waals surface area contributed by atoms with Gasteiger partial charge in [-0.2, -0.15) is 0 Å². The molecule has 1 spiro atoms. The van der Waals surface area contributed by atoms with E-state index in [4.69, 9.17) is 9.47 Å². The molecule has 1 amide bonds. The average Bonchev–Trinajstić information content (AvgIpc) is 3.77. The van der Waals surface area contributed by atoms with E-state index in [1.54, 1.807) is 6.07 Å². The maximum atomic E-state index is 13.6. The van der Waals surface area contributed by atoms with Gasteiger partial charge < -0.3 is 19.5 Å². The first-order chi connectivity index (χ1) is 21.4. The van der Waals surface area contributed by atoms with Crippen LogP contribution in [0.5, 0.6) is 17.2 Å². The zero-order valence-electron chi connectivity index (χ0n) is 26.4. The predicted octanol–water partition coefficient (Wildman–Crippen LogP) is 6.18. The summed E-state index contributed by atoms with van der Waals surface area (Å²) in [5.41, 5.74) is 3.14. The van der Waals surface area contributed by atoms with E-state index in [0.717, 1.165) is 81.5 Å². The number of nitrogens with zero attached hydrogens (tertiary/aromatic N) is 2. The van der Waals surface area contributed by atoms with E-state index < -0.39 is 5.97 Å². The molecule has 236 valence electrons. The number of esters is 1. The standard InChI is InChI=1S/C37H48N2O5/c1-24(40)43-32-22-31(41)27-21-30-28-17-18-29(36-37(28,34(27)35(32)44-36)19-20-39(30)23-26-15-16-26)38(2)33(42)14-10-5-3-4-7-11-25-12-8-6-9-13-25/h6,8-9,12-13,22,26,28-30,36,41H,3-5,7,10-11,14-21,23H2,1-2H3/t28-,29+,30+,36-,37-/m0/s1. The molecule has 2 heterocycles. The van der Waals surface area contributed by atoms with Crippen molar-refractivity contribution in [1.82, 2.24) is 9.80 Å². The van der Waals surface area contributed by atoms with Crippen LogP contribution in [0.2, 0.25) is 0 Å². The molecule has 0 aromatic heterocycles. The number of ether oxygens (including phenoxy) is 2. The number of piperidine rings is 1. The van der Waals surface area contributed by atoms with E-state index in [2.05, 4.69) is 35.2 Å². The van der Waals surface area contributed by atoms with Crippen LogP contribution < -0.4 is 9.47 Å². The zero-order valence-corrected chi connectivity index (χ0v) is 26.4. The molecule has 5 aliphatic rings. The van der Waals surface area contributed by atoms with Crippen LogP contribution in [0.3, 0.4) is 0 Å². The van der Waals surface area contributed by atoms with E-state index in [0.29, 0.717) is 29.9 Å². The number of unbranched alkanes of at least 4 members (excludes halogenated alkanes) is 4. The van der Waals surface area contributed by atoms with Crippen LogP contribution in [0.4, 0.5) is 0 Å². The number of amides is 1. The maximum Gasteiger partial charge on any atom is 0.308 e. The molecular formula is C37H48N2O5. The summed E-state index contributed by atoms with van der Waals surface area (Å²) in [6.07, 6.45) is 13.3. The SMILES string of the molecule is CC(=O)Oc1cc(O)c2c3c1O[C@H]1[C@H](N(C)C(=O)CCCCCCCc4ccccc4)CC[C@H]4[C@@H](C2)N(CC2CC2)CC[C@@]341. The summed E-state index contributed by atoms with van der Waals surface area (Å²) >= 11 is 0. The van der Waals surface area contributed by atoms with Crippen LogP contribution in [0, 0.1) is 11.8 Å². The highest BCUT2D eigenvalue weighted by Gasteiger charge is 2.67. The molecule has 44 heavy (non-hydrogen) atoms. The Labute approximate surface area is 261 Å². The second-order valence-electron chi connectivity index (χ2n) is 14.2. The molecule has 0 radical (unpaired) electrons. The van der Waals surface area contributed by atoms with Crippen molar-refractivity contribution in [3.8, 4) is 17.2 Å². The van der Waals surface area contributed by atoms with Gasteiger partial charge in [-0.25, -0.2) is 0 Å². The van der Waals surface area contributed by atoms with Crippen LogP contribution in [0.25, 0.3) is 0 Å². The Hall–Kier alpha value is -3.06. The number of carbonyl (C=O) groups is 2. The number of hydrogen-bond acceptors (Lipinski definition) is 6. The molecular weight excluding hydrogens is 552 g/mol. The zero-order chi connectivity index (χ0) is 30.4. The molecule has 2 aliphatic heterocycles. The lowest BCUT2D eigenvalue weighted by Crippen LogP contribution is -2.69. The number of carbonyl (C=O) groups excluding carboxylic acids is 2. The third-order valence-electron chi connectivity index (χ3n) is 11.5. The molecule has 2 aromatic rings. The number of rotatable bonds is 12. The second-order valence-corrected chi connectivity index (χ2v) is 14.2. The Balaban J connectivity index is 1.06. The van der Waals surface area contributed by atoms with Gasteiger partial charge >= 0.3 is 5.97 Å². The summed E-state index contributed by atoms with van der Waals surface area (Å²) in [5, 5.41) is 11.3. The summed E-state index contributed by atoms with van der Waals surface area (Å²) in [7, 11) is 1.96. The largest absolute Gasteiger partial charge is 0.508 e. The van der Waals surface area contributed by atoms with Crippen molar-refractivity contribution >= 4 is 11.9 Å². The molecule has 0 unspecified atom stereocenters. The normalized spacial score (nSPS) is 28.2. The Kier molecular flexibility index (Phi) is 8.11. The number of likely N-dealkylation sites (tertiary alicyclic amines) is 1. The van der Waals surface area contributed by atoms with Gasteiger partial charge in [0.25, 0.3) is 0 Å². The molecule has 3 aliphatic carbocycles. The van der Waals surface area contributed by atoms with Gasteiger partial charge in [0.15, 0.2) is 11.5 Å². The molecule has 7 rings (SSSR count). The minimum Gasteiger partial charge on any atom is -0.508 e. The van der Waals surface area contributed by atoms with Gasteiger partial charge in [-0.15, -0.1) is 0 Å². The highest BCUT2D eigenvalue weighted by atomic mass is 16.6. The third-order valence-corrected chi connectivity index (χ3v) is 11.5. The number of hydrogen-bond donors (Lipinski definition) is 1. The molecule has 2 bridgehead atoms. The van der Waals surface area contributed by atoms with Gasteiger partial charge in [-0.1, -0.05) is 49.6 Å². The van der Waals surface area contributed by atoms with Crippen molar-refractivity contribution < 1.29 is 24.2 Å². The van der Waals surface area contributed by atoms with Crippen molar-refractivity contribution in [3.63, 3.8) is 0 Å². The highest BCUT2D eigenvalue weighted by Crippen LogP contribution is 2.65. The van der Waals surface area contributed by atoms with Crippen LogP contribution in [-0.4, -0.2) is 65.1 Å². The first-order valence-electron chi connectivity index (χ1n) is 17.1. The Bertz CT molecular complexity index is 1390. The molecule has 1 saturated heterocycles. The number of likely N-dealkylation sites (N-methyl/N-ethyl adjacent to an activating group) is 1. The second kappa shape index (κ2) is 12.0. The number of phenolic OH excluding ortho intramolecular Hbond substituents is 1. The summed E-state index contributed by atoms with van der Waals surface area (Å²) in [4.78, 5) is 30.3. The van der Waals surface area contributed by atoms with E-state index >= 15 is 0 Å². The maximum absolute atomic E-state index is 13.6. The van der Waals surface area contributed by atoms with E-state index in [1.165, 1.54) is 38.2 Å². The van der Waals surface area contributed by atoms with Gasteiger partial charge in [-0.3, -0.25) is 14.5 Å². The molecule has 3 fully saturated rings. The smallest absolute Gasteiger partial charge is 0.308 e. The fourth-order valence-corrected chi connectivity index (χ4v) is 9.28. The van der Waals surface area contributed by atoms with Crippen molar-refractivity contribution in [2.75, 3.05) is 20.1 Å². The van der Waals surface area contributed by atoms with Crippen molar-refractivity contribution in [2.45, 2.75) is 114 Å². The van der Waals surface area contributed by atoms with E-state index in [1.807, 2.05) is 11.9 Å². The third kappa shape index (κ3) is 5.29. The quantitative estimate of drug-likeness (QED) is 0.178. The van der Waals surface area contributed by atoms with Crippen molar-refractivity contribution in [2.24, 2.45) is 11.8 Å². The lowest BCUT2D eigenvalue weighted by Gasteiger charge is -2.60. The molecule has 1 N–H and O–H groups in total. The molecule has 5 atom stereocenters. The number of aryl methyl sites for hydroxylation is 1. The minimum absolute atomic E-state index is 0.0501. The summed E-state index contributed by atoms with van der Waals surface area (Å²) < 4.78 is 12.5. The molecule has 7 nitrogen and oxygen atoms in total. The van der Waals surface area contributed by atoms with Crippen LogP contribution >= 0.6 is 0 Å². The fraction of sp³-hybridized carbons (Fsp3) is 0.622. The lowest BCUT2D eigenvalue weighted by atomic mass is 9.50. The molecule has 2 aromatic carbocycles. The monoisotopic (exact) mass is 600 g/mol. The summed E-state index contributed by atoms with van der Waals surface area (Å²) in [6, 6.07) is 12.5. The van der Waals surface area contributed by atoms with Crippen LogP contribution in [-0.2, 0) is 27.8 Å². The number of aromatic hydroxyl groups is 1. The Morgan fingerprint density at radius 2 is 1.84 bits per heavy atom. The first kappa shape index (κ1) is 29.6.